The fourth-order valence-electron chi connectivity index (χ4n) is 9.13. The van der Waals surface area contributed by atoms with Crippen molar-refractivity contribution >= 4 is 17.9 Å². The summed E-state index contributed by atoms with van der Waals surface area (Å²) in [5.41, 5.74) is -1.23. The number of aliphatic hydroxyl groups is 1. The zero-order valence-electron chi connectivity index (χ0n) is 20.7. The predicted octanol–water partition coefficient (Wildman–Crippen LogP) is 2.91. The molecule has 4 saturated carbocycles. The first kappa shape index (κ1) is 23.8. The number of carbonyl (C=O) groups excluding carboxylic acids is 3. The van der Waals surface area contributed by atoms with Crippen molar-refractivity contribution in [3.63, 3.8) is 0 Å². The molecule has 2 heterocycles. The molecule has 0 amide bonds. The van der Waals surface area contributed by atoms with Crippen LogP contribution in [0.1, 0.15) is 66.7 Å². The fourth-order valence-corrected chi connectivity index (χ4v) is 9.13. The molecule has 8 heteroatoms. The van der Waals surface area contributed by atoms with Gasteiger partial charge in [-0.15, -0.1) is 0 Å². The molecule has 0 radical (unpaired) electrons. The van der Waals surface area contributed by atoms with Gasteiger partial charge in [0, 0.05) is 38.0 Å². The van der Waals surface area contributed by atoms with Crippen molar-refractivity contribution in [3.05, 3.63) is 12.2 Å². The minimum absolute atomic E-state index is 0.124. The number of carbonyl (C=O) groups is 3. The number of fused-ring (bicyclic) bond motifs is 2. The SMILES string of the molecule is C=C1[C@@H]2C[C@@H](OC(C)=O)[C@H]3[C@]45CCCC(C)(C)[C@H]4[C@H](OC(C)=O)[C@@](O)(OC5)[C@]3(C2)[C@@H]1OC(C)=O. The quantitative estimate of drug-likeness (QED) is 0.376. The summed E-state index contributed by atoms with van der Waals surface area (Å²) in [7, 11) is 0. The molecule has 2 spiro atoms. The molecule has 0 aromatic carbocycles. The van der Waals surface area contributed by atoms with Gasteiger partial charge in [0.25, 0.3) is 0 Å². The van der Waals surface area contributed by atoms with Crippen LogP contribution in [0.15, 0.2) is 12.2 Å². The molecule has 1 N–H and O–H groups in total. The van der Waals surface area contributed by atoms with E-state index < -0.39 is 46.9 Å². The normalized spacial score (nSPS) is 47.9. The van der Waals surface area contributed by atoms with Gasteiger partial charge in [-0.1, -0.05) is 26.8 Å². The third-order valence-electron chi connectivity index (χ3n) is 9.71. The molecule has 0 unspecified atom stereocenters. The van der Waals surface area contributed by atoms with Gasteiger partial charge in [-0.2, -0.15) is 0 Å². The smallest absolute Gasteiger partial charge is 0.303 e. The highest BCUT2D eigenvalue weighted by molar-refractivity contribution is 5.68. The molecule has 188 valence electrons. The van der Waals surface area contributed by atoms with Gasteiger partial charge in [-0.3, -0.25) is 14.4 Å². The lowest BCUT2D eigenvalue weighted by Crippen LogP contribution is -2.84. The van der Waals surface area contributed by atoms with E-state index in [1.54, 1.807) is 0 Å². The molecule has 34 heavy (non-hydrogen) atoms. The lowest BCUT2D eigenvalue weighted by atomic mass is 9.36. The van der Waals surface area contributed by atoms with Crippen LogP contribution < -0.4 is 0 Å². The van der Waals surface area contributed by atoms with Crippen LogP contribution in [0.2, 0.25) is 0 Å². The molecule has 9 atom stereocenters. The summed E-state index contributed by atoms with van der Waals surface area (Å²) in [5, 5.41) is 12.5. The third-order valence-corrected chi connectivity index (χ3v) is 9.71. The molecule has 6 aliphatic rings. The van der Waals surface area contributed by atoms with Gasteiger partial charge in [0.15, 0.2) is 6.10 Å². The second-order valence-electron chi connectivity index (χ2n) is 11.9. The lowest BCUT2D eigenvalue weighted by Gasteiger charge is -2.75. The van der Waals surface area contributed by atoms with E-state index in [1.807, 2.05) is 0 Å². The number of hydrogen-bond donors (Lipinski definition) is 1. The molecule has 4 aliphatic carbocycles. The Kier molecular flexibility index (Phi) is 5.10. The van der Waals surface area contributed by atoms with Gasteiger partial charge in [-0.05, 0) is 42.6 Å². The van der Waals surface area contributed by atoms with Crippen LogP contribution in [0.4, 0.5) is 0 Å². The van der Waals surface area contributed by atoms with E-state index in [2.05, 4.69) is 20.4 Å². The maximum atomic E-state index is 12.5. The van der Waals surface area contributed by atoms with Crippen LogP contribution in [0.25, 0.3) is 0 Å². The highest BCUT2D eigenvalue weighted by atomic mass is 16.7. The summed E-state index contributed by atoms with van der Waals surface area (Å²) in [6.07, 6.45) is 1.40. The average molecular weight is 477 g/mol. The Morgan fingerprint density at radius 1 is 1.00 bits per heavy atom. The van der Waals surface area contributed by atoms with Crippen LogP contribution in [0.3, 0.4) is 0 Å². The Hall–Kier alpha value is -1.93. The topological polar surface area (TPSA) is 108 Å². The summed E-state index contributed by atoms with van der Waals surface area (Å²) < 4.78 is 24.1. The Morgan fingerprint density at radius 2 is 1.65 bits per heavy atom. The van der Waals surface area contributed by atoms with E-state index in [0.29, 0.717) is 18.4 Å². The minimum Gasteiger partial charge on any atom is -0.462 e. The number of esters is 3. The first-order valence-electron chi connectivity index (χ1n) is 12.4. The monoisotopic (exact) mass is 476 g/mol. The first-order valence-corrected chi connectivity index (χ1v) is 12.4. The largest absolute Gasteiger partial charge is 0.462 e. The van der Waals surface area contributed by atoms with Crippen molar-refractivity contribution in [2.45, 2.75) is 90.8 Å². The average Bonchev–Trinajstić information content (AvgIpc) is 2.90. The van der Waals surface area contributed by atoms with Crippen molar-refractivity contribution in [3.8, 4) is 0 Å². The second-order valence-corrected chi connectivity index (χ2v) is 11.9. The summed E-state index contributed by atoms with van der Waals surface area (Å²) in [6, 6.07) is 0. The van der Waals surface area contributed by atoms with E-state index in [4.69, 9.17) is 18.9 Å². The van der Waals surface area contributed by atoms with E-state index in [0.717, 1.165) is 19.3 Å². The van der Waals surface area contributed by atoms with Crippen molar-refractivity contribution in [2.24, 2.45) is 34.0 Å². The van der Waals surface area contributed by atoms with Crippen molar-refractivity contribution in [1.29, 1.82) is 0 Å². The minimum atomic E-state index is -1.92. The third kappa shape index (κ3) is 2.81. The predicted molar refractivity (Wildman–Crippen MR) is 119 cm³/mol. The van der Waals surface area contributed by atoms with Crippen LogP contribution in [0, 0.1) is 34.0 Å². The summed E-state index contributed by atoms with van der Waals surface area (Å²) in [5.74, 6) is -3.95. The molecule has 6 fully saturated rings. The van der Waals surface area contributed by atoms with Crippen LogP contribution in [-0.4, -0.2) is 53.7 Å². The number of ether oxygens (including phenoxy) is 4. The van der Waals surface area contributed by atoms with Crippen molar-refractivity contribution in [1.82, 2.24) is 0 Å². The Bertz CT molecular complexity index is 956. The van der Waals surface area contributed by atoms with Crippen molar-refractivity contribution < 1.29 is 38.4 Å². The Morgan fingerprint density at radius 3 is 2.26 bits per heavy atom. The Balaban J connectivity index is 1.79. The molecule has 4 bridgehead atoms. The van der Waals surface area contributed by atoms with Gasteiger partial charge in [0.05, 0.1) is 12.0 Å². The van der Waals surface area contributed by atoms with Crippen LogP contribution in [-0.2, 0) is 33.3 Å². The van der Waals surface area contributed by atoms with E-state index in [-0.39, 0.29) is 35.7 Å². The van der Waals surface area contributed by atoms with Crippen LogP contribution >= 0.6 is 0 Å². The maximum Gasteiger partial charge on any atom is 0.303 e. The van der Waals surface area contributed by atoms with E-state index in [1.165, 1.54) is 20.8 Å². The van der Waals surface area contributed by atoms with Gasteiger partial charge >= 0.3 is 17.9 Å². The molecule has 2 saturated heterocycles. The molecule has 2 aliphatic heterocycles. The zero-order chi connectivity index (χ0) is 24.8. The molecule has 6 rings (SSSR count). The molecular formula is C26H36O8. The molecule has 0 aromatic heterocycles. The maximum absolute atomic E-state index is 12.5. The van der Waals surface area contributed by atoms with E-state index in [9.17, 15) is 19.5 Å². The standard InChI is InChI=1S/C26H36O8/c1-13-17-10-18(32-14(2)27)19-24-9-7-8-23(5,6)20(24)22(34-16(4)29)26(30,31-12-24)25(19,11-17)21(13)33-15(3)28/h17-22,30H,1,7-12H2,2-6H3/t17-,18-,19+,20-,21-,22+,24-,25+,26-/m1/s1. The van der Waals surface area contributed by atoms with Crippen molar-refractivity contribution in [2.75, 3.05) is 6.61 Å². The molecule has 8 nitrogen and oxygen atoms in total. The van der Waals surface area contributed by atoms with Gasteiger partial charge < -0.3 is 24.1 Å². The van der Waals surface area contributed by atoms with E-state index >= 15 is 0 Å². The second kappa shape index (κ2) is 7.29. The summed E-state index contributed by atoms with van der Waals surface area (Å²) in [4.78, 5) is 36.9. The van der Waals surface area contributed by atoms with Gasteiger partial charge in [0.1, 0.15) is 12.2 Å². The first-order chi connectivity index (χ1) is 15.8. The molecule has 0 aromatic rings. The van der Waals surface area contributed by atoms with Gasteiger partial charge in [0.2, 0.25) is 5.79 Å². The number of rotatable bonds is 3. The lowest BCUT2D eigenvalue weighted by molar-refractivity contribution is -0.463. The summed E-state index contributed by atoms with van der Waals surface area (Å²) >= 11 is 0. The highest BCUT2D eigenvalue weighted by Gasteiger charge is 2.86. The van der Waals surface area contributed by atoms with Crippen LogP contribution in [0.5, 0.6) is 0 Å². The zero-order valence-corrected chi connectivity index (χ0v) is 20.7. The molecular weight excluding hydrogens is 440 g/mol. The summed E-state index contributed by atoms with van der Waals surface area (Å²) in [6.45, 7) is 12.9. The van der Waals surface area contributed by atoms with Gasteiger partial charge in [-0.25, -0.2) is 0 Å². The Labute approximate surface area is 200 Å². The number of hydrogen-bond acceptors (Lipinski definition) is 8. The highest BCUT2D eigenvalue weighted by Crippen LogP contribution is 2.78. The fraction of sp³-hybridized carbons (Fsp3) is 0.808.